The van der Waals surface area contributed by atoms with E-state index in [1.54, 1.807) is 24.3 Å². The topological polar surface area (TPSA) is 66.0 Å². The van der Waals surface area contributed by atoms with Crippen molar-refractivity contribution in [3.63, 3.8) is 0 Å². The van der Waals surface area contributed by atoms with Crippen molar-refractivity contribution in [1.29, 1.82) is 0 Å². The Kier molecular flexibility index (Phi) is 3.49. The van der Waals surface area contributed by atoms with Crippen molar-refractivity contribution in [2.75, 3.05) is 0 Å². The maximum atomic E-state index is 12.2. The van der Waals surface area contributed by atoms with Gasteiger partial charge in [-0.2, -0.15) is 4.98 Å². The van der Waals surface area contributed by atoms with Crippen molar-refractivity contribution in [3.05, 3.63) is 45.2 Å². The average Bonchev–Trinajstić information content (AvgIpc) is 2.92. The normalized spacial score (nSPS) is 15.7. The number of nitrogens with zero attached hydrogens (tertiary/aromatic N) is 1. The van der Waals surface area contributed by atoms with E-state index in [0.717, 1.165) is 31.2 Å². The van der Waals surface area contributed by atoms with Crippen LogP contribution < -0.4 is 5.56 Å². The van der Waals surface area contributed by atoms with Gasteiger partial charge in [0.1, 0.15) is 5.82 Å². The van der Waals surface area contributed by atoms with Crippen LogP contribution in [-0.2, 0) is 0 Å². The van der Waals surface area contributed by atoms with Crippen LogP contribution in [0.1, 0.15) is 37.2 Å². The minimum atomic E-state index is -0.241. The van der Waals surface area contributed by atoms with E-state index in [9.17, 15) is 9.90 Å². The summed E-state index contributed by atoms with van der Waals surface area (Å²) in [5.41, 5.74) is 0.911. The van der Waals surface area contributed by atoms with Gasteiger partial charge in [0, 0.05) is 10.6 Å². The first-order chi connectivity index (χ1) is 9.65. The highest BCUT2D eigenvalue weighted by Crippen LogP contribution is 2.35. The van der Waals surface area contributed by atoms with Gasteiger partial charge in [0.25, 0.3) is 5.56 Å². The molecule has 1 aromatic carbocycles. The van der Waals surface area contributed by atoms with E-state index in [1.807, 2.05) is 0 Å². The molecule has 0 amide bonds. The third-order valence-electron chi connectivity index (χ3n) is 3.82. The lowest BCUT2D eigenvalue weighted by Gasteiger charge is -2.11. The van der Waals surface area contributed by atoms with E-state index in [0.29, 0.717) is 16.4 Å². The van der Waals surface area contributed by atoms with Gasteiger partial charge >= 0.3 is 0 Å². The van der Waals surface area contributed by atoms with Crippen LogP contribution in [-0.4, -0.2) is 15.1 Å². The summed E-state index contributed by atoms with van der Waals surface area (Å²) in [7, 11) is 0. The molecule has 0 saturated heterocycles. The molecule has 0 bridgehead atoms. The molecule has 20 heavy (non-hydrogen) atoms. The molecule has 2 N–H and O–H groups in total. The van der Waals surface area contributed by atoms with Crippen LogP contribution in [0.25, 0.3) is 11.4 Å². The van der Waals surface area contributed by atoms with E-state index >= 15 is 0 Å². The quantitative estimate of drug-likeness (QED) is 0.890. The van der Waals surface area contributed by atoms with E-state index < -0.39 is 0 Å². The standard InChI is InChI=1S/C15H15ClN2O2/c16-11-7-5-10(6-8-11)13-17-14(19)12(15(20)18-13)9-3-1-2-4-9/h5-9H,1-4H2,(H2,17,18,19,20). The lowest BCUT2D eigenvalue weighted by Crippen LogP contribution is -2.17. The number of aromatic hydroxyl groups is 1. The molecule has 2 aromatic rings. The van der Waals surface area contributed by atoms with Gasteiger partial charge in [0.15, 0.2) is 0 Å². The zero-order valence-corrected chi connectivity index (χ0v) is 11.7. The number of benzene rings is 1. The van der Waals surface area contributed by atoms with Crippen LogP contribution in [0, 0.1) is 0 Å². The fourth-order valence-corrected chi connectivity index (χ4v) is 2.92. The van der Waals surface area contributed by atoms with Crippen molar-refractivity contribution in [2.24, 2.45) is 0 Å². The predicted molar refractivity (Wildman–Crippen MR) is 78.2 cm³/mol. The maximum absolute atomic E-state index is 12.2. The van der Waals surface area contributed by atoms with Crippen LogP contribution in [0.3, 0.4) is 0 Å². The summed E-state index contributed by atoms with van der Waals surface area (Å²) >= 11 is 5.83. The van der Waals surface area contributed by atoms with Crippen LogP contribution in [0.15, 0.2) is 29.1 Å². The van der Waals surface area contributed by atoms with Crippen LogP contribution in [0.5, 0.6) is 5.88 Å². The fraction of sp³-hybridized carbons (Fsp3) is 0.333. The van der Waals surface area contributed by atoms with Crippen molar-refractivity contribution in [1.82, 2.24) is 9.97 Å². The first-order valence-corrected chi connectivity index (χ1v) is 7.12. The molecule has 1 fully saturated rings. The highest BCUT2D eigenvalue weighted by Gasteiger charge is 2.24. The van der Waals surface area contributed by atoms with Gasteiger partial charge in [0.05, 0.1) is 5.56 Å². The Balaban J connectivity index is 2.03. The number of halogens is 1. The Morgan fingerprint density at radius 2 is 1.85 bits per heavy atom. The third-order valence-corrected chi connectivity index (χ3v) is 4.07. The second-order valence-electron chi connectivity index (χ2n) is 5.14. The Bertz CT molecular complexity index is 673. The van der Waals surface area contributed by atoms with Crippen LogP contribution in [0.4, 0.5) is 0 Å². The number of hydrogen-bond donors (Lipinski definition) is 2. The first kappa shape index (κ1) is 13.2. The van der Waals surface area contributed by atoms with Gasteiger partial charge in [-0.05, 0) is 43.0 Å². The van der Waals surface area contributed by atoms with E-state index in [-0.39, 0.29) is 17.4 Å². The molecule has 0 aliphatic heterocycles. The van der Waals surface area contributed by atoms with E-state index in [4.69, 9.17) is 11.6 Å². The number of H-pyrrole nitrogens is 1. The molecule has 4 nitrogen and oxygen atoms in total. The number of rotatable bonds is 2. The number of hydrogen-bond acceptors (Lipinski definition) is 3. The van der Waals surface area contributed by atoms with Crippen molar-refractivity contribution >= 4 is 11.6 Å². The average molecular weight is 291 g/mol. The van der Waals surface area contributed by atoms with Crippen molar-refractivity contribution < 1.29 is 5.11 Å². The summed E-state index contributed by atoms with van der Waals surface area (Å²) in [6, 6.07) is 6.96. The molecule has 1 heterocycles. The molecule has 0 radical (unpaired) electrons. The molecule has 1 aromatic heterocycles. The predicted octanol–water partition coefficient (Wildman–Crippen LogP) is 3.45. The minimum Gasteiger partial charge on any atom is -0.493 e. The third kappa shape index (κ3) is 2.43. The van der Waals surface area contributed by atoms with Gasteiger partial charge in [-0.25, -0.2) is 0 Å². The van der Waals surface area contributed by atoms with Gasteiger partial charge in [-0.1, -0.05) is 24.4 Å². The van der Waals surface area contributed by atoms with Gasteiger partial charge in [0.2, 0.25) is 5.88 Å². The van der Waals surface area contributed by atoms with Crippen molar-refractivity contribution in [2.45, 2.75) is 31.6 Å². The Morgan fingerprint density at radius 3 is 2.45 bits per heavy atom. The summed E-state index contributed by atoms with van der Waals surface area (Å²) in [6.07, 6.45) is 4.09. The first-order valence-electron chi connectivity index (χ1n) is 6.74. The zero-order chi connectivity index (χ0) is 14.1. The lowest BCUT2D eigenvalue weighted by molar-refractivity contribution is 0.436. The second kappa shape index (κ2) is 5.29. The highest BCUT2D eigenvalue weighted by atomic mass is 35.5. The van der Waals surface area contributed by atoms with Gasteiger partial charge in [-0.3, -0.25) is 4.79 Å². The molecule has 1 aliphatic rings. The largest absolute Gasteiger partial charge is 0.493 e. The summed E-state index contributed by atoms with van der Waals surface area (Å²) in [5, 5.41) is 10.7. The molecule has 0 spiro atoms. The molecule has 0 unspecified atom stereocenters. The molecule has 0 atom stereocenters. The Morgan fingerprint density at radius 1 is 1.20 bits per heavy atom. The summed E-state index contributed by atoms with van der Waals surface area (Å²) in [4.78, 5) is 19.1. The summed E-state index contributed by atoms with van der Waals surface area (Å²) in [6.45, 7) is 0. The van der Waals surface area contributed by atoms with E-state index in [2.05, 4.69) is 9.97 Å². The van der Waals surface area contributed by atoms with Gasteiger partial charge in [-0.15, -0.1) is 0 Å². The Hall–Kier alpha value is -1.81. The second-order valence-corrected chi connectivity index (χ2v) is 5.58. The molecule has 1 saturated carbocycles. The SMILES string of the molecule is O=c1[nH]c(-c2ccc(Cl)cc2)nc(O)c1C1CCCC1. The molecule has 3 rings (SSSR count). The highest BCUT2D eigenvalue weighted by molar-refractivity contribution is 6.30. The maximum Gasteiger partial charge on any atom is 0.258 e. The lowest BCUT2D eigenvalue weighted by atomic mass is 10.00. The summed E-state index contributed by atoms with van der Waals surface area (Å²) < 4.78 is 0. The molecule has 1 aliphatic carbocycles. The number of aromatic amines is 1. The minimum absolute atomic E-state index is 0.130. The van der Waals surface area contributed by atoms with E-state index in [1.165, 1.54) is 0 Å². The fourth-order valence-electron chi connectivity index (χ4n) is 2.80. The number of aromatic nitrogens is 2. The van der Waals surface area contributed by atoms with Crippen molar-refractivity contribution in [3.8, 4) is 17.3 Å². The molecular weight excluding hydrogens is 276 g/mol. The zero-order valence-electron chi connectivity index (χ0n) is 10.9. The number of nitrogens with one attached hydrogen (secondary N) is 1. The Labute approximate surface area is 121 Å². The van der Waals surface area contributed by atoms with Crippen LogP contribution >= 0.6 is 11.6 Å². The molecular formula is C15H15ClN2O2. The smallest absolute Gasteiger partial charge is 0.258 e. The van der Waals surface area contributed by atoms with Gasteiger partial charge < -0.3 is 10.1 Å². The summed E-state index contributed by atoms with van der Waals surface area (Å²) in [5.74, 6) is 0.349. The van der Waals surface area contributed by atoms with Crippen LogP contribution in [0.2, 0.25) is 5.02 Å². The monoisotopic (exact) mass is 290 g/mol. The molecule has 104 valence electrons. The molecule has 5 heteroatoms.